The molecule has 0 bridgehead atoms. The van der Waals surface area contributed by atoms with Gasteiger partial charge in [-0.3, -0.25) is 4.72 Å². The van der Waals surface area contributed by atoms with Gasteiger partial charge in [0.25, 0.3) is 10.0 Å². The molecule has 0 unspecified atom stereocenters. The predicted octanol–water partition coefficient (Wildman–Crippen LogP) is 3.71. The van der Waals surface area contributed by atoms with E-state index in [1.807, 2.05) is 19.1 Å². The third-order valence-electron chi connectivity index (χ3n) is 4.01. The number of aryl methyl sites for hydroxylation is 1. The van der Waals surface area contributed by atoms with Gasteiger partial charge in [-0.15, -0.1) is 11.3 Å². The molecule has 2 heterocycles. The number of hydrogen-bond acceptors (Lipinski definition) is 6. The van der Waals surface area contributed by atoms with Crippen LogP contribution in [0.3, 0.4) is 0 Å². The third-order valence-corrected chi connectivity index (χ3v) is 6.87. The van der Waals surface area contributed by atoms with Gasteiger partial charge in [-0.2, -0.15) is 4.98 Å². The molecule has 0 saturated heterocycles. The molecular weight excluding hydrogens is 358 g/mol. The van der Waals surface area contributed by atoms with Gasteiger partial charge in [0.05, 0.1) is 12.1 Å². The van der Waals surface area contributed by atoms with Gasteiger partial charge in [0, 0.05) is 10.8 Å². The van der Waals surface area contributed by atoms with Crippen molar-refractivity contribution >= 4 is 27.0 Å². The first-order chi connectivity index (χ1) is 12.0. The number of anilines is 1. The Morgan fingerprint density at radius 1 is 1.24 bits per heavy atom. The van der Waals surface area contributed by atoms with Crippen molar-refractivity contribution in [2.24, 2.45) is 0 Å². The molecule has 6 nitrogen and oxygen atoms in total. The predicted molar refractivity (Wildman–Crippen MR) is 95.4 cm³/mol. The minimum Gasteiger partial charge on any atom is -0.339 e. The highest BCUT2D eigenvalue weighted by Gasteiger charge is 2.29. The second-order valence-corrected chi connectivity index (χ2v) is 9.32. The van der Waals surface area contributed by atoms with Crippen LogP contribution in [0.4, 0.5) is 5.69 Å². The van der Waals surface area contributed by atoms with Crippen LogP contribution < -0.4 is 4.72 Å². The van der Waals surface area contributed by atoms with E-state index in [2.05, 4.69) is 14.9 Å². The Morgan fingerprint density at radius 3 is 2.76 bits per heavy atom. The number of rotatable bonds is 6. The first kappa shape index (κ1) is 16.3. The molecule has 1 aromatic carbocycles. The van der Waals surface area contributed by atoms with Gasteiger partial charge in [0.15, 0.2) is 5.82 Å². The number of sulfonamides is 1. The lowest BCUT2D eigenvalue weighted by molar-refractivity contribution is 0.379. The molecule has 1 aliphatic carbocycles. The molecular formula is C17H17N3O3S2. The van der Waals surface area contributed by atoms with Crippen LogP contribution in [-0.4, -0.2) is 18.6 Å². The summed E-state index contributed by atoms with van der Waals surface area (Å²) in [5, 5.41) is 4.01. The summed E-state index contributed by atoms with van der Waals surface area (Å²) in [5.74, 6) is 1.68. The second-order valence-electron chi connectivity index (χ2n) is 6.13. The molecule has 0 atom stereocenters. The van der Waals surface area contributed by atoms with Gasteiger partial charge in [-0.05, 0) is 43.5 Å². The van der Waals surface area contributed by atoms with E-state index in [0.29, 0.717) is 28.1 Å². The van der Waals surface area contributed by atoms with Crippen LogP contribution in [0.15, 0.2) is 45.1 Å². The van der Waals surface area contributed by atoms with Crippen molar-refractivity contribution in [3.8, 4) is 0 Å². The summed E-state index contributed by atoms with van der Waals surface area (Å²) in [5.41, 5.74) is 1.32. The third kappa shape index (κ3) is 3.59. The molecule has 2 aromatic heterocycles. The van der Waals surface area contributed by atoms with Crippen molar-refractivity contribution in [2.75, 3.05) is 4.72 Å². The van der Waals surface area contributed by atoms with Crippen molar-refractivity contribution in [1.82, 2.24) is 10.1 Å². The van der Waals surface area contributed by atoms with Crippen LogP contribution in [0.25, 0.3) is 0 Å². The summed E-state index contributed by atoms with van der Waals surface area (Å²) in [7, 11) is -3.60. The SMILES string of the molecule is Cc1ccc(S(=O)(=O)Nc2ccccc2Cc2nc(C3CC3)no2)s1. The molecule has 0 aliphatic heterocycles. The Morgan fingerprint density at radius 2 is 2.04 bits per heavy atom. The summed E-state index contributed by atoms with van der Waals surface area (Å²) in [4.78, 5) is 5.36. The quantitative estimate of drug-likeness (QED) is 0.710. The van der Waals surface area contributed by atoms with E-state index in [-0.39, 0.29) is 0 Å². The van der Waals surface area contributed by atoms with E-state index < -0.39 is 10.0 Å². The van der Waals surface area contributed by atoms with Gasteiger partial charge in [-0.1, -0.05) is 23.4 Å². The minimum absolute atomic E-state index is 0.300. The summed E-state index contributed by atoms with van der Waals surface area (Å²) >= 11 is 1.25. The highest BCUT2D eigenvalue weighted by Crippen LogP contribution is 2.38. The van der Waals surface area contributed by atoms with Gasteiger partial charge < -0.3 is 4.52 Å². The van der Waals surface area contributed by atoms with Crippen LogP contribution >= 0.6 is 11.3 Å². The van der Waals surface area contributed by atoms with Crippen molar-refractivity contribution in [2.45, 2.75) is 36.3 Å². The molecule has 3 aromatic rings. The molecule has 1 fully saturated rings. The molecule has 8 heteroatoms. The summed E-state index contributed by atoms with van der Waals surface area (Å²) in [6.45, 7) is 1.88. The zero-order valence-corrected chi connectivity index (χ0v) is 15.2. The molecule has 130 valence electrons. The lowest BCUT2D eigenvalue weighted by atomic mass is 10.1. The van der Waals surface area contributed by atoms with Crippen molar-refractivity contribution < 1.29 is 12.9 Å². The van der Waals surface area contributed by atoms with E-state index in [0.717, 1.165) is 29.1 Å². The Kier molecular flexibility index (Phi) is 4.09. The largest absolute Gasteiger partial charge is 0.339 e. The van der Waals surface area contributed by atoms with Crippen molar-refractivity contribution in [3.05, 3.63) is 58.6 Å². The number of thiophene rings is 1. The maximum Gasteiger partial charge on any atom is 0.271 e. The van der Waals surface area contributed by atoms with Crippen molar-refractivity contribution in [1.29, 1.82) is 0 Å². The van der Waals surface area contributed by atoms with E-state index in [9.17, 15) is 8.42 Å². The van der Waals surface area contributed by atoms with Crippen LogP contribution in [0.1, 0.15) is 40.9 Å². The highest BCUT2D eigenvalue weighted by atomic mass is 32.2. The Labute approximate surface area is 150 Å². The van der Waals surface area contributed by atoms with E-state index >= 15 is 0 Å². The minimum atomic E-state index is -3.60. The normalized spacial score (nSPS) is 14.6. The average Bonchev–Trinajstić information content (AvgIpc) is 3.16. The number of para-hydroxylation sites is 1. The van der Waals surface area contributed by atoms with E-state index in [4.69, 9.17) is 4.52 Å². The van der Waals surface area contributed by atoms with Gasteiger partial charge in [0.1, 0.15) is 4.21 Å². The molecule has 0 spiro atoms. The molecule has 1 saturated carbocycles. The number of hydrogen-bond donors (Lipinski definition) is 1. The second kappa shape index (κ2) is 6.27. The zero-order chi connectivity index (χ0) is 17.4. The Bertz CT molecular complexity index is 1000. The number of nitrogens with zero attached hydrogens (tertiary/aromatic N) is 2. The topological polar surface area (TPSA) is 85.1 Å². The maximum absolute atomic E-state index is 12.6. The zero-order valence-electron chi connectivity index (χ0n) is 13.6. The van der Waals surface area contributed by atoms with E-state index in [1.165, 1.54) is 11.3 Å². The fourth-order valence-corrected chi connectivity index (χ4v) is 4.92. The van der Waals surface area contributed by atoms with Crippen LogP contribution in [0.5, 0.6) is 0 Å². The smallest absolute Gasteiger partial charge is 0.271 e. The molecule has 0 radical (unpaired) electrons. The molecule has 1 aliphatic rings. The molecule has 1 N–H and O–H groups in total. The first-order valence-corrected chi connectivity index (χ1v) is 10.3. The van der Waals surface area contributed by atoms with Gasteiger partial charge in [0.2, 0.25) is 5.89 Å². The fraction of sp³-hybridized carbons (Fsp3) is 0.294. The number of aromatic nitrogens is 2. The fourth-order valence-electron chi connectivity index (χ4n) is 2.54. The summed E-state index contributed by atoms with van der Waals surface area (Å²) in [6.07, 6.45) is 2.60. The average molecular weight is 375 g/mol. The van der Waals surface area contributed by atoms with Gasteiger partial charge >= 0.3 is 0 Å². The molecule has 4 rings (SSSR count). The van der Waals surface area contributed by atoms with Crippen LogP contribution in [0.2, 0.25) is 0 Å². The van der Waals surface area contributed by atoms with E-state index in [1.54, 1.807) is 24.3 Å². The first-order valence-electron chi connectivity index (χ1n) is 8.01. The van der Waals surface area contributed by atoms with Crippen LogP contribution in [-0.2, 0) is 16.4 Å². The monoisotopic (exact) mass is 375 g/mol. The highest BCUT2D eigenvalue weighted by molar-refractivity contribution is 7.94. The standard InChI is InChI=1S/C17H17N3O3S2/c1-11-6-9-16(24-11)25(21,22)20-14-5-3-2-4-13(14)10-15-18-17(19-23-15)12-7-8-12/h2-6,9,12,20H,7-8,10H2,1H3. The van der Waals surface area contributed by atoms with Gasteiger partial charge in [-0.25, -0.2) is 8.42 Å². The summed E-state index contributed by atoms with van der Waals surface area (Å²) < 4.78 is 33.4. The van der Waals surface area contributed by atoms with Crippen molar-refractivity contribution in [3.63, 3.8) is 0 Å². The molecule has 25 heavy (non-hydrogen) atoms. The summed E-state index contributed by atoms with van der Waals surface area (Å²) in [6, 6.07) is 10.7. The number of nitrogens with one attached hydrogen (secondary N) is 1. The lowest BCUT2D eigenvalue weighted by Crippen LogP contribution is -2.13. The Balaban J connectivity index is 1.58. The Hall–Kier alpha value is -2.19. The van der Waals surface area contributed by atoms with Crippen LogP contribution in [0, 0.1) is 6.92 Å². The lowest BCUT2D eigenvalue weighted by Gasteiger charge is -2.10. The maximum atomic E-state index is 12.6. The number of benzene rings is 1. The molecule has 0 amide bonds.